The van der Waals surface area contributed by atoms with Gasteiger partial charge in [0.1, 0.15) is 0 Å². The molecule has 1 atom stereocenters. The number of hydrogen-bond acceptors (Lipinski definition) is 6. The van der Waals surface area contributed by atoms with Crippen LogP contribution in [0, 0.1) is 0 Å². The number of benzene rings is 2. The van der Waals surface area contributed by atoms with Gasteiger partial charge in [-0.15, -0.1) is 0 Å². The van der Waals surface area contributed by atoms with Crippen LogP contribution >= 0.6 is 11.8 Å². The Labute approximate surface area is 191 Å². The normalized spacial score (nSPS) is 15.5. The van der Waals surface area contributed by atoms with Crippen molar-refractivity contribution in [2.24, 2.45) is 0 Å². The highest BCUT2D eigenvalue weighted by molar-refractivity contribution is 8.00. The molecule has 1 saturated heterocycles. The summed E-state index contributed by atoms with van der Waals surface area (Å²) in [5.74, 6) is -0.122. The summed E-state index contributed by atoms with van der Waals surface area (Å²) in [5, 5.41) is 3.69. The number of para-hydroxylation sites is 2. The van der Waals surface area contributed by atoms with E-state index in [1.165, 1.54) is 11.8 Å². The first-order valence-corrected chi connectivity index (χ1v) is 11.8. The third-order valence-electron chi connectivity index (χ3n) is 5.48. The van der Waals surface area contributed by atoms with Gasteiger partial charge in [-0.3, -0.25) is 19.1 Å². The summed E-state index contributed by atoms with van der Waals surface area (Å²) in [6, 6.07) is 16.7. The molecule has 0 radical (unpaired) electrons. The Kier molecular flexibility index (Phi) is 7.57. The molecule has 0 aliphatic carbocycles. The number of fused-ring (bicyclic) bond motifs is 1. The Bertz CT molecular complexity index is 1110. The van der Waals surface area contributed by atoms with E-state index in [0.717, 1.165) is 45.0 Å². The van der Waals surface area contributed by atoms with Crippen LogP contribution < -0.4 is 10.9 Å². The first-order valence-electron chi connectivity index (χ1n) is 10.9. The van der Waals surface area contributed by atoms with Crippen LogP contribution in [0.3, 0.4) is 0 Å². The molecule has 2 aromatic carbocycles. The topological polar surface area (TPSA) is 76.5 Å². The van der Waals surface area contributed by atoms with Crippen molar-refractivity contribution >= 4 is 34.3 Å². The molecule has 2 heterocycles. The number of amides is 1. The monoisotopic (exact) mass is 452 g/mol. The number of hydrogen-bond donors (Lipinski definition) is 1. The maximum atomic E-state index is 13.2. The number of nitrogens with zero attached hydrogens (tertiary/aromatic N) is 3. The molecular weight excluding hydrogens is 424 g/mol. The van der Waals surface area contributed by atoms with Crippen LogP contribution in [0.2, 0.25) is 0 Å². The van der Waals surface area contributed by atoms with Gasteiger partial charge in [-0.25, -0.2) is 4.98 Å². The van der Waals surface area contributed by atoms with E-state index in [4.69, 9.17) is 9.72 Å². The van der Waals surface area contributed by atoms with E-state index in [9.17, 15) is 9.59 Å². The van der Waals surface area contributed by atoms with E-state index in [0.29, 0.717) is 22.6 Å². The zero-order valence-electron chi connectivity index (χ0n) is 18.2. The van der Waals surface area contributed by atoms with E-state index in [1.54, 1.807) is 4.57 Å². The largest absolute Gasteiger partial charge is 0.379 e. The molecule has 0 spiro atoms. The van der Waals surface area contributed by atoms with E-state index < -0.39 is 5.25 Å². The summed E-state index contributed by atoms with van der Waals surface area (Å²) in [7, 11) is 0. The standard InChI is InChI=1S/C24H28N4O3S/c1-18(22(29)25-19-8-3-2-4-9-19)32-24-26-21-11-6-5-10-20(21)23(30)28(24)13-7-12-27-14-16-31-17-15-27/h2-6,8-11,18H,7,12-17H2,1H3,(H,25,29)/t18-/m0/s1. The van der Waals surface area contributed by atoms with Crippen molar-refractivity contribution in [1.82, 2.24) is 14.5 Å². The van der Waals surface area contributed by atoms with Gasteiger partial charge in [-0.1, -0.05) is 42.1 Å². The fraction of sp³-hybridized carbons (Fsp3) is 0.375. The second-order valence-corrected chi connectivity index (χ2v) is 9.10. The van der Waals surface area contributed by atoms with Crippen LogP contribution in [-0.4, -0.2) is 58.5 Å². The van der Waals surface area contributed by atoms with Crippen molar-refractivity contribution in [2.75, 3.05) is 38.2 Å². The smallest absolute Gasteiger partial charge is 0.262 e. The van der Waals surface area contributed by atoms with E-state index in [1.807, 2.05) is 61.5 Å². The van der Waals surface area contributed by atoms with E-state index in [2.05, 4.69) is 10.2 Å². The summed E-state index contributed by atoms with van der Waals surface area (Å²) < 4.78 is 7.13. The number of anilines is 1. The highest BCUT2D eigenvalue weighted by Gasteiger charge is 2.20. The molecule has 168 valence electrons. The lowest BCUT2D eigenvalue weighted by atomic mass is 10.2. The highest BCUT2D eigenvalue weighted by atomic mass is 32.2. The van der Waals surface area contributed by atoms with Gasteiger partial charge in [-0.2, -0.15) is 0 Å². The average molecular weight is 453 g/mol. The summed E-state index contributed by atoms with van der Waals surface area (Å²) in [6.45, 7) is 6.65. The maximum absolute atomic E-state index is 13.2. The SMILES string of the molecule is C[C@H](Sc1nc2ccccc2c(=O)n1CCCN1CCOCC1)C(=O)Nc1ccccc1. The molecule has 3 aromatic rings. The molecule has 7 nitrogen and oxygen atoms in total. The zero-order chi connectivity index (χ0) is 22.3. The van der Waals surface area contributed by atoms with Crippen LogP contribution in [0.5, 0.6) is 0 Å². The predicted molar refractivity (Wildman–Crippen MR) is 128 cm³/mol. The molecular formula is C24H28N4O3S. The van der Waals surface area contributed by atoms with Crippen LogP contribution in [0.4, 0.5) is 5.69 Å². The Morgan fingerprint density at radius 2 is 1.81 bits per heavy atom. The molecule has 1 fully saturated rings. The lowest BCUT2D eigenvalue weighted by molar-refractivity contribution is -0.115. The second-order valence-electron chi connectivity index (χ2n) is 7.79. The molecule has 1 aliphatic rings. The Balaban J connectivity index is 1.52. The predicted octanol–water partition coefficient (Wildman–Crippen LogP) is 3.24. The minimum atomic E-state index is -0.409. The third kappa shape index (κ3) is 5.56. The number of carbonyl (C=O) groups is 1. The van der Waals surface area contributed by atoms with Crippen molar-refractivity contribution in [3.63, 3.8) is 0 Å². The first kappa shape index (κ1) is 22.5. The lowest BCUT2D eigenvalue weighted by Gasteiger charge is -2.26. The van der Waals surface area contributed by atoms with Gasteiger partial charge < -0.3 is 10.1 Å². The summed E-state index contributed by atoms with van der Waals surface area (Å²) >= 11 is 1.32. The van der Waals surface area contributed by atoms with E-state index in [-0.39, 0.29) is 11.5 Å². The van der Waals surface area contributed by atoms with Crippen molar-refractivity contribution in [1.29, 1.82) is 0 Å². The molecule has 4 rings (SSSR count). The summed E-state index contributed by atoms with van der Waals surface area (Å²) in [6.07, 6.45) is 0.831. The summed E-state index contributed by atoms with van der Waals surface area (Å²) in [5.41, 5.74) is 1.34. The molecule has 8 heteroatoms. The number of nitrogens with one attached hydrogen (secondary N) is 1. The van der Waals surface area contributed by atoms with Gasteiger partial charge >= 0.3 is 0 Å². The van der Waals surface area contributed by atoms with Gasteiger partial charge in [0, 0.05) is 31.9 Å². The molecule has 0 saturated carbocycles. The molecule has 1 aromatic heterocycles. The van der Waals surface area contributed by atoms with Crippen LogP contribution in [0.25, 0.3) is 10.9 Å². The molecule has 32 heavy (non-hydrogen) atoms. The number of morpholine rings is 1. The molecule has 0 unspecified atom stereocenters. The minimum Gasteiger partial charge on any atom is -0.379 e. The Morgan fingerprint density at radius 1 is 1.09 bits per heavy atom. The lowest BCUT2D eigenvalue weighted by Crippen LogP contribution is -2.37. The van der Waals surface area contributed by atoms with E-state index >= 15 is 0 Å². The summed E-state index contributed by atoms with van der Waals surface area (Å²) in [4.78, 5) is 33.1. The van der Waals surface area contributed by atoms with Crippen molar-refractivity contribution < 1.29 is 9.53 Å². The van der Waals surface area contributed by atoms with Crippen molar-refractivity contribution in [3.05, 3.63) is 65.0 Å². The number of carbonyl (C=O) groups excluding carboxylic acids is 1. The number of aromatic nitrogens is 2. The van der Waals surface area contributed by atoms with Crippen LogP contribution in [0.1, 0.15) is 13.3 Å². The quantitative estimate of drug-likeness (QED) is 0.418. The number of ether oxygens (including phenoxy) is 1. The van der Waals surface area contributed by atoms with Crippen molar-refractivity contribution in [2.45, 2.75) is 30.3 Å². The van der Waals surface area contributed by atoms with Crippen molar-refractivity contribution in [3.8, 4) is 0 Å². The van der Waals surface area contributed by atoms with Gasteiger partial charge in [0.05, 0.1) is 29.4 Å². The zero-order valence-corrected chi connectivity index (χ0v) is 19.0. The maximum Gasteiger partial charge on any atom is 0.262 e. The first-order chi connectivity index (χ1) is 15.6. The van der Waals surface area contributed by atoms with Gasteiger partial charge in [0.15, 0.2) is 5.16 Å². The molecule has 1 N–H and O–H groups in total. The van der Waals surface area contributed by atoms with Gasteiger partial charge in [-0.05, 0) is 37.6 Å². The average Bonchev–Trinajstić information content (AvgIpc) is 2.82. The van der Waals surface area contributed by atoms with Crippen LogP contribution in [0.15, 0.2) is 64.5 Å². The Hall–Kier alpha value is -2.68. The fourth-order valence-electron chi connectivity index (χ4n) is 3.69. The second kappa shape index (κ2) is 10.8. The number of rotatable bonds is 8. The highest BCUT2D eigenvalue weighted by Crippen LogP contribution is 2.24. The van der Waals surface area contributed by atoms with Gasteiger partial charge in [0.25, 0.3) is 5.56 Å². The Morgan fingerprint density at radius 3 is 2.59 bits per heavy atom. The fourth-order valence-corrected chi connectivity index (χ4v) is 4.62. The number of thioether (sulfide) groups is 1. The molecule has 0 bridgehead atoms. The minimum absolute atomic E-state index is 0.0595. The molecule has 1 aliphatic heterocycles. The van der Waals surface area contributed by atoms with Gasteiger partial charge in [0.2, 0.25) is 5.91 Å². The third-order valence-corrected chi connectivity index (χ3v) is 6.57. The molecule has 1 amide bonds. The van der Waals surface area contributed by atoms with Crippen LogP contribution in [-0.2, 0) is 16.1 Å².